The van der Waals surface area contributed by atoms with Crippen LogP contribution in [0.1, 0.15) is 30.9 Å². The largest absolute Gasteiger partial charge is 0.330 e. The summed E-state index contributed by atoms with van der Waals surface area (Å²) in [5.41, 5.74) is 9.23. The van der Waals surface area contributed by atoms with Gasteiger partial charge in [0.25, 0.3) is 0 Å². The zero-order valence-corrected chi connectivity index (χ0v) is 11.3. The van der Waals surface area contributed by atoms with Gasteiger partial charge in [-0.2, -0.15) is 5.26 Å². The van der Waals surface area contributed by atoms with Crippen molar-refractivity contribution in [3.63, 3.8) is 0 Å². The number of hydrogen-bond donors (Lipinski definition) is 1. The molecule has 0 spiro atoms. The molecule has 0 aliphatic rings. The minimum atomic E-state index is 0.589. The molecule has 3 heteroatoms. The Morgan fingerprint density at radius 2 is 2.11 bits per heavy atom. The molecule has 0 amide bonds. The summed E-state index contributed by atoms with van der Waals surface area (Å²) in [6.45, 7) is 6.40. The Bertz CT molecular complexity index is 516. The standard InChI is InChI=1S/C16H19N3/c1-3-13(9-10-17)12-19-16(4-2)15-7-5-14(11-18)6-8-15/h3,5-8,12H,1,4,9-10,17H2,2H3/b13-12+,19-16?. The molecule has 2 N–H and O–H groups in total. The van der Waals surface area contributed by atoms with E-state index in [1.54, 1.807) is 18.2 Å². The van der Waals surface area contributed by atoms with Gasteiger partial charge in [-0.1, -0.05) is 31.7 Å². The Kier molecular flexibility index (Phi) is 6.28. The van der Waals surface area contributed by atoms with E-state index in [9.17, 15) is 0 Å². The van der Waals surface area contributed by atoms with Crippen LogP contribution >= 0.6 is 0 Å². The summed E-state index contributed by atoms with van der Waals surface area (Å²) in [5, 5.41) is 8.78. The smallest absolute Gasteiger partial charge is 0.0991 e. The highest BCUT2D eigenvalue weighted by atomic mass is 14.7. The summed E-state index contributed by atoms with van der Waals surface area (Å²) < 4.78 is 0. The lowest BCUT2D eigenvalue weighted by Gasteiger charge is -2.03. The monoisotopic (exact) mass is 253 g/mol. The molecular weight excluding hydrogens is 234 g/mol. The van der Waals surface area contributed by atoms with Crippen molar-refractivity contribution in [2.45, 2.75) is 19.8 Å². The van der Waals surface area contributed by atoms with E-state index < -0.39 is 0 Å². The Morgan fingerprint density at radius 3 is 2.58 bits per heavy atom. The van der Waals surface area contributed by atoms with Gasteiger partial charge in [-0.3, -0.25) is 4.99 Å². The van der Waals surface area contributed by atoms with Gasteiger partial charge in [-0.05, 0) is 42.7 Å². The van der Waals surface area contributed by atoms with Crippen LogP contribution in [0.3, 0.4) is 0 Å². The molecule has 1 rings (SSSR count). The highest BCUT2D eigenvalue weighted by Gasteiger charge is 2.00. The van der Waals surface area contributed by atoms with E-state index in [0.29, 0.717) is 12.1 Å². The highest BCUT2D eigenvalue weighted by Crippen LogP contribution is 2.09. The maximum atomic E-state index is 8.78. The van der Waals surface area contributed by atoms with Gasteiger partial charge in [0, 0.05) is 11.9 Å². The van der Waals surface area contributed by atoms with Gasteiger partial charge < -0.3 is 5.73 Å². The SMILES string of the molecule is C=C/C(=C\N=C(CC)c1ccc(C#N)cc1)CCN. The van der Waals surface area contributed by atoms with E-state index in [1.165, 1.54) is 0 Å². The molecule has 3 nitrogen and oxygen atoms in total. The van der Waals surface area contributed by atoms with Crippen molar-refractivity contribution in [2.24, 2.45) is 10.7 Å². The number of hydrogen-bond acceptors (Lipinski definition) is 3. The quantitative estimate of drug-likeness (QED) is 0.625. The second kappa shape index (κ2) is 8.02. The molecule has 0 saturated heterocycles. The molecule has 0 saturated carbocycles. The van der Waals surface area contributed by atoms with Gasteiger partial charge in [0.1, 0.15) is 0 Å². The van der Waals surface area contributed by atoms with Crippen LogP contribution in [0.5, 0.6) is 0 Å². The Labute approximate surface area is 114 Å². The summed E-state index contributed by atoms with van der Waals surface area (Å²) in [6.07, 6.45) is 5.20. The lowest BCUT2D eigenvalue weighted by atomic mass is 10.1. The van der Waals surface area contributed by atoms with E-state index in [-0.39, 0.29) is 0 Å². The number of benzene rings is 1. The first-order valence-corrected chi connectivity index (χ1v) is 6.33. The van der Waals surface area contributed by atoms with Crippen LogP contribution in [0, 0.1) is 11.3 Å². The summed E-state index contributed by atoms with van der Waals surface area (Å²) in [5.74, 6) is 0. The minimum absolute atomic E-state index is 0.589. The average molecular weight is 253 g/mol. The molecule has 0 unspecified atom stereocenters. The minimum Gasteiger partial charge on any atom is -0.330 e. The van der Waals surface area contributed by atoms with Gasteiger partial charge in [-0.15, -0.1) is 0 Å². The van der Waals surface area contributed by atoms with E-state index >= 15 is 0 Å². The molecular formula is C16H19N3. The molecule has 98 valence electrons. The topological polar surface area (TPSA) is 62.2 Å². The van der Waals surface area contributed by atoms with Crippen molar-refractivity contribution in [3.05, 3.63) is 59.8 Å². The number of aliphatic imine (C=N–C) groups is 1. The van der Waals surface area contributed by atoms with Crippen LogP contribution in [0.2, 0.25) is 0 Å². The molecule has 0 atom stereocenters. The van der Waals surface area contributed by atoms with Gasteiger partial charge in [-0.25, -0.2) is 0 Å². The van der Waals surface area contributed by atoms with Gasteiger partial charge in [0.15, 0.2) is 0 Å². The van der Waals surface area contributed by atoms with E-state index in [0.717, 1.165) is 29.7 Å². The first kappa shape index (κ1) is 14.9. The molecule has 1 aromatic carbocycles. The van der Waals surface area contributed by atoms with Crippen LogP contribution in [0.4, 0.5) is 0 Å². The fraction of sp³-hybridized carbons (Fsp3) is 0.250. The normalized spacial score (nSPS) is 12.1. The third kappa shape index (κ3) is 4.53. The summed E-state index contributed by atoms with van der Waals surface area (Å²) in [7, 11) is 0. The lowest BCUT2D eigenvalue weighted by Crippen LogP contribution is -2.00. The molecule has 0 heterocycles. The fourth-order valence-electron chi connectivity index (χ4n) is 1.65. The van der Waals surface area contributed by atoms with E-state index in [4.69, 9.17) is 11.0 Å². The molecule has 0 aliphatic carbocycles. The Balaban J connectivity index is 2.98. The fourth-order valence-corrected chi connectivity index (χ4v) is 1.65. The van der Waals surface area contributed by atoms with Crippen LogP contribution in [0.15, 0.2) is 53.7 Å². The first-order chi connectivity index (χ1) is 9.24. The van der Waals surface area contributed by atoms with Crippen molar-refractivity contribution in [2.75, 3.05) is 6.54 Å². The summed E-state index contributed by atoms with van der Waals surface area (Å²) in [6, 6.07) is 9.56. The predicted octanol–water partition coefficient (Wildman–Crippen LogP) is 3.18. The van der Waals surface area contributed by atoms with Crippen LogP contribution in [0.25, 0.3) is 0 Å². The zero-order valence-electron chi connectivity index (χ0n) is 11.3. The highest BCUT2D eigenvalue weighted by molar-refractivity contribution is 6.00. The molecule has 0 fully saturated rings. The van der Waals surface area contributed by atoms with Crippen LogP contribution in [-0.2, 0) is 0 Å². The number of rotatable bonds is 6. The molecule has 0 aliphatic heterocycles. The zero-order chi connectivity index (χ0) is 14.1. The van der Waals surface area contributed by atoms with Crippen molar-refractivity contribution in [1.82, 2.24) is 0 Å². The molecule has 0 radical (unpaired) electrons. The van der Waals surface area contributed by atoms with Crippen LogP contribution < -0.4 is 5.73 Å². The number of nitrogens with two attached hydrogens (primary N) is 1. The third-order valence-corrected chi connectivity index (χ3v) is 2.76. The van der Waals surface area contributed by atoms with E-state index in [1.807, 2.05) is 18.3 Å². The van der Waals surface area contributed by atoms with Gasteiger partial charge >= 0.3 is 0 Å². The summed E-state index contributed by atoms with van der Waals surface area (Å²) in [4.78, 5) is 4.50. The maximum absolute atomic E-state index is 8.78. The number of nitriles is 1. The Hall–Kier alpha value is -2.18. The predicted molar refractivity (Wildman–Crippen MR) is 79.9 cm³/mol. The van der Waals surface area contributed by atoms with Gasteiger partial charge in [0.2, 0.25) is 0 Å². The third-order valence-electron chi connectivity index (χ3n) is 2.76. The molecule has 0 aromatic heterocycles. The van der Waals surface area contributed by atoms with Crippen molar-refractivity contribution in [1.29, 1.82) is 5.26 Å². The van der Waals surface area contributed by atoms with Crippen molar-refractivity contribution < 1.29 is 0 Å². The molecule has 1 aromatic rings. The molecule has 19 heavy (non-hydrogen) atoms. The number of allylic oxidation sites excluding steroid dienone is 1. The van der Waals surface area contributed by atoms with E-state index in [2.05, 4.69) is 24.6 Å². The second-order valence-electron chi connectivity index (χ2n) is 4.07. The maximum Gasteiger partial charge on any atom is 0.0991 e. The van der Waals surface area contributed by atoms with Gasteiger partial charge in [0.05, 0.1) is 11.6 Å². The van der Waals surface area contributed by atoms with Crippen molar-refractivity contribution >= 4 is 5.71 Å². The van der Waals surface area contributed by atoms with Crippen LogP contribution in [-0.4, -0.2) is 12.3 Å². The lowest BCUT2D eigenvalue weighted by molar-refractivity contribution is 0.969. The summed E-state index contributed by atoms with van der Waals surface area (Å²) >= 11 is 0. The first-order valence-electron chi connectivity index (χ1n) is 6.33. The van der Waals surface area contributed by atoms with Crippen molar-refractivity contribution in [3.8, 4) is 6.07 Å². The Morgan fingerprint density at radius 1 is 1.42 bits per heavy atom. The average Bonchev–Trinajstić information content (AvgIpc) is 2.47. The number of nitrogens with zero attached hydrogens (tertiary/aromatic N) is 2. The second-order valence-corrected chi connectivity index (χ2v) is 4.07. The molecule has 0 bridgehead atoms.